The Kier molecular flexibility index (Phi) is 3.53. The van der Waals surface area contributed by atoms with Gasteiger partial charge in [-0.2, -0.15) is 0 Å². The molecule has 5 nitrogen and oxygen atoms in total. The zero-order valence-corrected chi connectivity index (χ0v) is 12.4. The third-order valence-corrected chi connectivity index (χ3v) is 3.67. The summed E-state index contributed by atoms with van der Waals surface area (Å²) in [4.78, 5) is 11.4. The van der Waals surface area contributed by atoms with Crippen LogP contribution in [0, 0.1) is 0 Å². The smallest absolute Gasteiger partial charge is 0.358 e. The van der Waals surface area contributed by atoms with Gasteiger partial charge in [0.15, 0.2) is 5.69 Å². The van der Waals surface area contributed by atoms with E-state index in [-0.39, 0.29) is 5.69 Å². The first-order chi connectivity index (χ1) is 10.2. The summed E-state index contributed by atoms with van der Waals surface area (Å²) in [7, 11) is 0. The number of benzene rings is 2. The van der Waals surface area contributed by atoms with E-state index in [1.54, 1.807) is 0 Å². The number of carboxylic acid groups (broad SMARTS) is 1. The highest BCUT2D eigenvalue weighted by Gasteiger charge is 2.22. The lowest BCUT2D eigenvalue weighted by atomic mass is 10.1. The first-order valence-electron chi connectivity index (χ1n) is 6.18. The molecule has 104 valence electrons. The average Bonchev–Trinajstić information content (AvgIpc) is 2.93. The predicted octanol–water partition coefficient (Wildman–Crippen LogP) is 3.40. The van der Waals surface area contributed by atoms with Crippen molar-refractivity contribution in [3.05, 3.63) is 64.8 Å². The molecule has 2 aromatic carbocycles. The Labute approximate surface area is 129 Å². The molecule has 0 bridgehead atoms. The lowest BCUT2D eigenvalue weighted by molar-refractivity contribution is 0.0691. The van der Waals surface area contributed by atoms with E-state index in [1.807, 2.05) is 54.6 Å². The fourth-order valence-electron chi connectivity index (χ4n) is 2.07. The van der Waals surface area contributed by atoms with Gasteiger partial charge in [0.25, 0.3) is 0 Å². The van der Waals surface area contributed by atoms with E-state index in [2.05, 4.69) is 26.2 Å². The molecule has 1 heterocycles. The van der Waals surface area contributed by atoms with E-state index in [1.165, 1.54) is 4.68 Å². The zero-order chi connectivity index (χ0) is 14.8. The maximum Gasteiger partial charge on any atom is 0.358 e. The van der Waals surface area contributed by atoms with Crippen molar-refractivity contribution in [2.75, 3.05) is 0 Å². The van der Waals surface area contributed by atoms with E-state index >= 15 is 0 Å². The number of para-hydroxylation sites is 1. The van der Waals surface area contributed by atoms with Crippen molar-refractivity contribution in [1.82, 2.24) is 15.0 Å². The maximum atomic E-state index is 11.4. The number of carbonyl (C=O) groups is 1. The summed E-state index contributed by atoms with van der Waals surface area (Å²) in [6.45, 7) is 0. The van der Waals surface area contributed by atoms with Gasteiger partial charge in [-0.3, -0.25) is 0 Å². The summed E-state index contributed by atoms with van der Waals surface area (Å²) in [5.74, 6) is -1.10. The second-order valence-electron chi connectivity index (χ2n) is 4.32. The first kappa shape index (κ1) is 13.5. The Hall–Kier alpha value is -2.47. The molecule has 0 fully saturated rings. The number of aromatic nitrogens is 3. The number of hydrogen-bond acceptors (Lipinski definition) is 3. The first-order valence-corrected chi connectivity index (χ1v) is 6.97. The summed E-state index contributed by atoms with van der Waals surface area (Å²) in [5.41, 5.74) is 1.86. The predicted molar refractivity (Wildman–Crippen MR) is 81.5 cm³/mol. The van der Waals surface area contributed by atoms with Gasteiger partial charge in [-0.1, -0.05) is 47.7 Å². The third-order valence-electron chi connectivity index (χ3n) is 3.00. The minimum absolute atomic E-state index is 0.0723. The SMILES string of the molecule is O=C(O)c1nnn(-c2ccccc2Br)c1-c1ccccc1. The number of aromatic carboxylic acids is 1. The highest BCUT2D eigenvalue weighted by molar-refractivity contribution is 9.10. The molecule has 0 aliphatic rings. The highest BCUT2D eigenvalue weighted by atomic mass is 79.9. The van der Waals surface area contributed by atoms with Crippen LogP contribution in [-0.2, 0) is 0 Å². The van der Waals surface area contributed by atoms with Crippen molar-refractivity contribution in [3.63, 3.8) is 0 Å². The fourth-order valence-corrected chi connectivity index (χ4v) is 2.53. The van der Waals surface area contributed by atoms with Gasteiger partial charge in [0, 0.05) is 10.0 Å². The van der Waals surface area contributed by atoms with Crippen LogP contribution in [0.5, 0.6) is 0 Å². The van der Waals surface area contributed by atoms with Crippen molar-refractivity contribution in [2.45, 2.75) is 0 Å². The van der Waals surface area contributed by atoms with Crippen molar-refractivity contribution in [2.24, 2.45) is 0 Å². The monoisotopic (exact) mass is 343 g/mol. The number of rotatable bonds is 3. The van der Waals surface area contributed by atoms with E-state index in [9.17, 15) is 9.90 Å². The molecule has 1 aromatic heterocycles. The second-order valence-corrected chi connectivity index (χ2v) is 5.18. The third kappa shape index (κ3) is 2.45. The molecule has 0 aliphatic heterocycles. The molecule has 0 amide bonds. The van der Waals surface area contributed by atoms with Crippen LogP contribution in [0.15, 0.2) is 59.1 Å². The Morgan fingerprint density at radius 1 is 1.05 bits per heavy atom. The average molecular weight is 344 g/mol. The van der Waals surface area contributed by atoms with Crippen molar-refractivity contribution in [3.8, 4) is 16.9 Å². The van der Waals surface area contributed by atoms with Crippen LogP contribution < -0.4 is 0 Å². The van der Waals surface area contributed by atoms with E-state index in [0.29, 0.717) is 5.69 Å². The van der Waals surface area contributed by atoms with Gasteiger partial charge in [0.2, 0.25) is 0 Å². The molecule has 0 saturated carbocycles. The molecule has 6 heteroatoms. The Bertz CT molecular complexity index is 800. The van der Waals surface area contributed by atoms with Gasteiger partial charge in [0.05, 0.1) is 5.69 Å². The molecule has 3 aromatic rings. The molecular formula is C15H10BrN3O2. The van der Waals surface area contributed by atoms with Gasteiger partial charge in [-0.05, 0) is 28.1 Å². The minimum Gasteiger partial charge on any atom is -0.476 e. The van der Waals surface area contributed by atoms with Crippen LogP contribution in [0.25, 0.3) is 16.9 Å². The summed E-state index contributed by atoms with van der Waals surface area (Å²) < 4.78 is 2.34. The lowest BCUT2D eigenvalue weighted by Gasteiger charge is -2.08. The number of nitrogens with zero attached hydrogens (tertiary/aromatic N) is 3. The van der Waals surface area contributed by atoms with Crippen molar-refractivity contribution >= 4 is 21.9 Å². The van der Waals surface area contributed by atoms with Gasteiger partial charge in [-0.15, -0.1) is 5.10 Å². The topological polar surface area (TPSA) is 68.0 Å². The van der Waals surface area contributed by atoms with E-state index in [4.69, 9.17) is 0 Å². The lowest BCUT2D eigenvalue weighted by Crippen LogP contribution is -2.03. The molecule has 0 radical (unpaired) electrons. The summed E-state index contributed by atoms with van der Waals surface area (Å²) in [5, 5.41) is 17.1. The van der Waals surface area contributed by atoms with Crippen LogP contribution in [0.2, 0.25) is 0 Å². The Morgan fingerprint density at radius 2 is 1.71 bits per heavy atom. The molecular weight excluding hydrogens is 334 g/mol. The largest absolute Gasteiger partial charge is 0.476 e. The fraction of sp³-hybridized carbons (Fsp3) is 0. The van der Waals surface area contributed by atoms with Crippen LogP contribution in [0.4, 0.5) is 0 Å². The van der Waals surface area contributed by atoms with Crippen LogP contribution in [-0.4, -0.2) is 26.1 Å². The molecule has 1 N–H and O–H groups in total. The molecule has 0 atom stereocenters. The van der Waals surface area contributed by atoms with Gasteiger partial charge < -0.3 is 5.11 Å². The van der Waals surface area contributed by atoms with Gasteiger partial charge in [-0.25, -0.2) is 9.48 Å². The zero-order valence-electron chi connectivity index (χ0n) is 10.8. The number of carboxylic acids is 1. The maximum absolute atomic E-state index is 11.4. The van der Waals surface area contributed by atoms with Gasteiger partial charge >= 0.3 is 5.97 Å². The Balaban J connectivity index is 2.28. The van der Waals surface area contributed by atoms with Crippen LogP contribution in [0.3, 0.4) is 0 Å². The van der Waals surface area contributed by atoms with Gasteiger partial charge in [0.1, 0.15) is 5.69 Å². The summed E-state index contributed by atoms with van der Waals surface area (Å²) in [6, 6.07) is 16.7. The van der Waals surface area contributed by atoms with E-state index < -0.39 is 5.97 Å². The molecule has 21 heavy (non-hydrogen) atoms. The van der Waals surface area contributed by atoms with Crippen molar-refractivity contribution in [1.29, 1.82) is 0 Å². The quantitative estimate of drug-likeness (QED) is 0.791. The standard InChI is InChI=1S/C15H10BrN3O2/c16-11-8-4-5-9-12(11)19-14(10-6-2-1-3-7-10)13(15(20)21)17-18-19/h1-9H,(H,20,21). The number of halogens is 1. The highest BCUT2D eigenvalue weighted by Crippen LogP contribution is 2.28. The van der Waals surface area contributed by atoms with E-state index in [0.717, 1.165) is 15.7 Å². The van der Waals surface area contributed by atoms with Crippen LogP contribution >= 0.6 is 15.9 Å². The summed E-state index contributed by atoms with van der Waals surface area (Å²) in [6.07, 6.45) is 0. The summed E-state index contributed by atoms with van der Waals surface area (Å²) >= 11 is 3.45. The molecule has 0 saturated heterocycles. The number of hydrogen-bond donors (Lipinski definition) is 1. The normalized spacial score (nSPS) is 10.5. The molecule has 3 rings (SSSR count). The second kappa shape index (κ2) is 5.49. The molecule has 0 spiro atoms. The molecule has 0 aliphatic carbocycles. The van der Waals surface area contributed by atoms with Crippen molar-refractivity contribution < 1.29 is 9.90 Å². The van der Waals surface area contributed by atoms with Crippen LogP contribution in [0.1, 0.15) is 10.5 Å². The Morgan fingerprint density at radius 3 is 2.38 bits per heavy atom. The minimum atomic E-state index is -1.10. The molecule has 0 unspecified atom stereocenters.